The van der Waals surface area contributed by atoms with Crippen LogP contribution in [0.2, 0.25) is 0 Å². The van der Waals surface area contributed by atoms with Gasteiger partial charge in [-0.25, -0.2) is 0 Å². The Balaban J connectivity index is 2.34. The standard InChI is InChI=1S/C11H17NO3/c1-2-12(8-7-11(14)15)10(13)6-5-9-3-4-9/h5-6,9H,2-4,7-8H2,1H3,(H,14,15)/b6-5+. The van der Waals surface area contributed by atoms with Crippen LogP contribution >= 0.6 is 0 Å². The number of amides is 1. The van der Waals surface area contributed by atoms with Crippen molar-refractivity contribution in [2.45, 2.75) is 26.2 Å². The Morgan fingerprint density at radius 1 is 1.47 bits per heavy atom. The maximum Gasteiger partial charge on any atom is 0.305 e. The SMILES string of the molecule is CCN(CCC(=O)O)C(=O)/C=C/C1CC1. The lowest BCUT2D eigenvalue weighted by Gasteiger charge is -2.17. The van der Waals surface area contributed by atoms with Gasteiger partial charge in [-0.05, 0) is 31.8 Å². The van der Waals surface area contributed by atoms with E-state index in [-0.39, 0.29) is 12.3 Å². The number of hydrogen-bond acceptors (Lipinski definition) is 2. The first-order valence-corrected chi connectivity index (χ1v) is 5.32. The monoisotopic (exact) mass is 211 g/mol. The topological polar surface area (TPSA) is 57.6 Å². The van der Waals surface area contributed by atoms with E-state index >= 15 is 0 Å². The zero-order chi connectivity index (χ0) is 11.3. The van der Waals surface area contributed by atoms with E-state index in [1.165, 1.54) is 12.8 Å². The summed E-state index contributed by atoms with van der Waals surface area (Å²) in [6.45, 7) is 2.70. The number of allylic oxidation sites excluding steroid dienone is 1. The smallest absolute Gasteiger partial charge is 0.305 e. The second-order valence-electron chi connectivity index (χ2n) is 3.76. The van der Waals surface area contributed by atoms with Gasteiger partial charge in [-0.3, -0.25) is 9.59 Å². The maximum absolute atomic E-state index is 11.6. The fraction of sp³-hybridized carbons (Fsp3) is 0.636. The molecule has 15 heavy (non-hydrogen) atoms. The fourth-order valence-electron chi connectivity index (χ4n) is 1.27. The second-order valence-corrected chi connectivity index (χ2v) is 3.76. The second kappa shape index (κ2) is 5.53. The summed E-state index contributed by atoms with van der Waals surface area (Å²) in [6, 6.07) is 0. The number of hydrogen-bond donors (Lipinski definition) is 1. The van der Waals surface area contributed by atoms with Crippen LogP contribution in [-0.2, 0) is 9.59 Å². The minimum atomic E-state index is -0.868. The zero-order valence-corrected chi connectivity index (χ0v) is 8.98. The first-order chi connectivity index (χ1) is 7.13. The molecule has 0 unspecified atom stereocenters. The third-order valence-electron chi connectivity index (χ3n) is 2.42. The molecule has 1 aliphatic rings. The van der Waals surface area contributed by atoms with Gasteiger partial charge in [-0.1, -0.05) is 6.08 Å². The maximum atomic E-state index is 11.6. The molecule has 1 N–H and O–H groups in total. The third-order valence-corrected chi connectivity index (χ3v) is 2.42. The van der Waals surface area contributed by atoms with Crippen molar-refractivity contribution in [3.8, 4) is 0 Å². The van der Waals surface area contributed by atoms with E-state index in [0.29, 0.717) is 19.0 Å². The highest BCUT2D eigenvalue weighted by Crippen LogP contribution is 2.29. The van der Waals surface area contributed by atoms with Gasteiger partial charge in [0, 0.05) is 13.1 Å². The van der Waals surface area contributed by atoms with Crippen molar-refractivity contribution in [3.05, 3.63) is 12.2 Å². The summed E-state index contributed by atoms with van der Waals surface area (Å²) in [5, 5.41) is 8.51. The van der Waals surface area contributed by atoms with E-state index in [0.717, 1.165) is 0 Å². The first-order valence-electron chi connectivity index (χ1n) is 5.32. The number of nitrogens with zero attached hydrogens (tertiary/aromatic N) is 1. The number of likely N-dealkylation sites (N-methyl/N-ethyl adjacent to an activating group) is 1. The Morgan fingerprint density at radius 3 is 2.60 bits per heavy atom. The molecule has 1 amide bonds. The molecule has 0 aromatic carbocycles. The molecular formula is C11H17NO3. The molecule has 4 heteroatoms. The average molecular weight is 211 g/mol. The molecule has 0 heterocycles. The van der Waals surface area contributed by atoms with Gasteiger partial charge in [0.2, 0.25) is 5.91 Å². The van der Waals surface area contributed by atoms with Crippen LogP contribution in [0.1, 0.15) is 26.2 Å². The Kier molecular flexibility index (Phi) is 4.34. The molecule has 0 atom stereocenters. The van der Waals surface area contributed by atoms with Crippen molar-refractivity contribution in [1.29, 1.82) is 0 Å². The van der Waals surface area contributed by atoms with Crippen LogP contribution in [0.4, 0.5) is 0 Å². The minimum absolute atomic E-state index is 0.0108. The molecule has 0 radical (unpaired) electrons. The number of carbonyl (C=O) groups excluding carboxylic acids is 1. The highest BCUT2D eigenvalue weighted by Gasteiger charge is 2.18. The fourth-order valence-corrected chi connectivity index (χ4v) is 1.27. The predicted octanol–water partition coefficient (Wildman–Crippen LogP) is 1.28. The van der Waals surface area contributed by atoms with E-state index < -0.39 is 5.97 Å². The van der Waals surface area contributed by atoms with Gasteiger partial charge < -0.3 is 10.0 Å². The summed E-state index contributed by atoms with van der Waals surface area (Å²) in [5.41, 5.74) is 0. The molecule has 0 bridgehead atoms. The molecule has 84 valence electrons. The largest absolute Gasteiger partial charge is 0.481 e. The molecular weight excluding hydrogens is 194 g/mol. The van der Waals surface area contributed by atoms with Crippen LogP contribution in [0.25, 0.3) is 0 Å². The average Bonchev–Trinajstić information content (AvgIpc) is 2.98. The van der Waals surface area contributed by atoms with Crippen molar-refractivity contribution in [3.63, 3.8) is 0 Å². The summed E-state index contributed by atoms with van der Waals surface area (Å²) in [5.74, 6) is -0.370. The van der Waals surface area contributed by atoms with E-state index in [9.17, 15) is 9.59 Å². The van der Waals surface area contributed by atoms with Crippen LogP contribution in [0.15, 0.2) is 12.2 Å². The normalized spacial score (nSPS) is 15.5. The molecule has 1 saturated carbocycles. The lowest BCUT2D eigenvalue weighted by Crippen LogP contribution is -2.31. The van der Waals surface area contributed by atoms with Gasteiger partial charge in [0.25, 0.3) is 0 Å². The number of rotatable bonds is 6. The summed E-state index contributed by atoms with van der Waals surface area (Å²) >= 11 is 0. The lowest BCUT2D eigenvalue weighted by atomic mass is 10.3. The van der Waals surface area contributed by atoms with Crippen LogP contribution < -0.4 is 0 Å². The number of carboxylic acid groups (broad SMARTS) is 1. The third kappa shape index (κ3) is 4.63. The Labute approximate surface area is 89.6 Å². The Hall–Kier alpha value is -1.32. The van der Waals surface area contributed by atoms with Gasteiger partial charge in [0.15, 0.2) is 0 Å². The quantitative estimate of drug-likeness (QED) is 0.673. The van der Waals surface area contributed by atoms with E-state index in [2.05, 4.69) is 0 Å². The molecule has 1 rings (SSSR count). The van der Waals surface area contributed by atoms with Crippen molar-refractivity contribution < 1.29 is 14.7 Å². The summed E-state index contributed by atoms with van der Waals surface area (Å²) in [4.78, 5) is 23.5. The van der Waals surface area contributed by atoms with Gasteiger partial charge in [-0.15, -0.1) is 0 Å². The highest BCUT2D eigenvalue weighted by molar-refractivity contribution is 5.87. The molecule has 0 saturated heterocycles. The van der Waals surface area contributed by atoms with E-state index in [4.69, 9.17) is 5.11 Å². The van der Waals surface area contributed by atoms with Crippen LogP contribution in [0.5, 0.6) is 0 Å². The van der Waals surface area contributed by atoms with Crippen molar-refractivity contribution in [2.24, 2.45) is 5.92 Å². The summed E-state index contributed by atoms with van der Waals surface area (Å²) < 4.78 is 0. The molecule has 0 aromatic heterocycles. The highest BCUT2D eigenvalue weighted by atomic mass is 16.4. The van der Waals surface area contributed by atoms with E-state index in [1.54, 1.807) is 11.0 Å². The Morgan fingerprint density at radius 2 is 2.13 bits per heavy atom. The number of carboxylic acids is 1. The van der Waals surface area contributed by atoms with Crippen molar-refractivity contribution >= 4 is 11.9 Å². The first kappa shape index (κ1) is 11.8. The van der Waals surface area contributed by atoms with Crippen LogP contribution in [0, 0.1) is 5.92 Å². The molecule has 1 aliphatic carbocycles. The van der Waals surface area contributed by atoms with Gasteiger partial charge >= 0.3 is 5.97 Å². The van der Waals surface area contributed by atoms with Gasteiger partial charge in [0.1, 0.15) is 0 Å². The number of carbonyl (C=O) groups is 2. The van der Waals surface area contributed by atoms with Crippen LogP contribution in [0.3, 0.4) is 0 Å². The van der Waals surface area contributed by atoms with Crippen molar-refractivity contribution in [1.82, 2.24) is 4.90 Å². The molecule has 4 nitrogen and oxygen atoms in total. The minimum Gasteiger partial charge on any atom is -0.481 e. The zero-order valence-electron chi connectivity index (χ0n) is 8.98. The summed E-state index contributed by atoms with van der Waals surface area (Å²) in [7, 11) is 0. The number of aliphatic carboxylic acids is 1. The van der Waals surface area contributed by atoms with Gasteiger partial charge in [-0.2, -0.15) is 0 Å². The summed E-state index contributed by atoms with van der Waals surface area (Å²) in [6.07, 6.45) is 5.85. The van der Waals surface area contributed by atoms with Crippen LogP contribution in [-0.4, -0.2) is 35.0 Å². The molecule has 1 fully saturated rings. The molecule has 0 spiro atoms. The Bertz CT molecular complexity index is 269. The molecule has 0 aliphatic heterocycles. The van der Waals surface area contributed by atoms with Crippen molar-refractivity contribution in [2.75, 3.05) is 13.1 Å². The van der Waals surface area contributed by atoms with E-state index in [1.807, 2.05) is 13.0 Å². The predicted molar refractivity (Wildman–Crippen MR) is 56.4 cm³/mol. The lowest BCUT2D eigenvalue weighted by molar-refractivity contribution is -0.137. The molecule has 0 aromatic rings. The van der Waals surface area contributed by atoms with Gasteiger partial charge in [0.05, 0.1) is 6.42 Å².